The maximum absolute atomic E-state index is 13.2. The van der Waals surface area contributed by atoms with Gasteiger partial charge in [-0.05, 0) is 60.6 Å². The fourth-order valence-corrected chi connectivity index (χ4v) is 3.92. The second-order valence-corrected chi connectivity index (χ2v) is 7.22. The van der Waals surface area contributed by atoms with Gasteiger partial charge >= 0.3 is 0 Å². The zero-order valence-corrected chi connectivity index (χ0v) is 15.0. The number of benzene rings is 1. The van der Waals surface area contributed by atoms with Crippen molar-refractivity contribution in [3.8, 4) is 11.1 Å². The van der Waals surface area contributed by atoms with Gasteiger partial charge in [-0.3, -0.25) is 9.20 Å². The number of aryl methyl sites for hydroxylation is 1. The molecule has 4 rings (SSSR count). The summed E-state index contributed by atoms with van der Waals surface area (Å²) in [6.07, 6.45) is 8.09. The molecule has 0 saturated carbocycles. The first kappa shape index (κ1) is 17.0. The van der Waals surface area contributed by atoms with Crippen LogP contribution >= 0.6 is 0 Å². The van der Waals surface area contributed by atoms with E-state index in [1.165, 1.54) is 25.0 Å². The van der Waals surface area contributed by atoms with E-state index in [2.05, 4.69) is 6.92 Å². The summed E-state index contributed by atoms with van der Waals surface area (Å²) >= 11 is 0. The van der Waals surface area contributed by atoms with Crippen LogP contribution in [0.2, 0.25) is 0 Å². The lowest BCUT2D eigenvalue weighted by molar-refractivity contribution is 0.428. The maximum atomic E-state index is 13.2. The molecule has 0 fully saturated rings. The Morgan fingerprint density at radius 2 is 1.96 bits per heavy atom. The summed E-state index contributed by atoms with van der Waals surface area (Å²) in [6, 6.07) is 10.2. The largest absolute Gasteiger partial charge is 0.269 e. The number of hydrogen-bond donors (Lipinski definition) is 0. The van der Waals surface area contributed by atoms with Crippen molar-refractivity contribution in [3.63, 3.8) is 0 Å². The molecule has 0 aliphatic heterocycles. The molecular weight excluding hydrogens is 327 g/mol. The van der Waals surface area contributed by atoms with Crippen LogP contribution in [0.1, 0.15) is 43.9 Å². The molecule has 0 bridgehead atoms. The van der Waals surface area contributed by atoms with Crippen molar-refractivity contribution >= 4 is 5.65 Å². The highest BCUT2D eigenvalue weighted by Gasteiger charge is 2.19. The highest BCUT2D eigenvalue weighted by molar-refractivity contribution is 5.67. The minimum atomic E-state index is -0.254. The molecule has 0 saturated heterocycles. The van der Waals surface area contributed by atoms with Gasteiger partial charge in [-0.25, -0.2) is 9.37 Å². The molecule has 3 aromatic rings. The standard InChI is InChI=1S/C22H23FN2O/c1-2-15-5-3-4-6-20-19(13-15)22(26)25-12-11-17(14-21(25)24-20)16-7-9-18(23)10-8-16/h7-12,14-15H,2-6,13H2,1H3. The molecule has 26 heavy (non-hydrogen) atoms. The zero-order chi connectivity index (χ0) is 18.1. The topological polar surface area (TPSA) is 34.4 Å². The molecule has 1 atom stereocenters. The molecular formula is C22H23FN2O. The first-order valence-corrected chi connectivity index (χ1v) is 9.46. The Balaban J connectivity index is 1.83. The Kier molecular flexibility index (Phi) is 4.58. The number of fused-ring (bicyclic) bond motifs is 2. The number of aromatic nitrogens is 2. The number of rotatable bonds is 2. The average molecular weight is 350 g/mol. The molecule has 0 spiro atoms. The van der Waals surface area contributed by atoms with E-state index in [4.69, 9.17) is 4.98 Å². The van der Waals surface area contributed by atoms with Crippen LogP contribution in [0.5, 0.6) is 0 Å². The smallest absolute Gasteiger partial charge is 0.261 e. The van der Waals surface area contributed by atoms with Crippen molar-refractivity contribution in [2.24, 2.45) is 5.92 Å². The van der Waals surface area contributed by atoms with Crippen molar-refractivity contribution < 1.29 is 4.39 Å². The highest BCUT2D eigenvalue weighted by Crippen LogP contribution is 2.25. The summed E-state index contributed by atoms with van der Waals surface area (Å²) < 4.78 is 14.8. The van der Waals surface area contributed by atoms with Gasteiger partial charge in [0, 0.05) is 11.8 Å². The van der Waals surface area contributed by atoms with Crippen molar-refractivity contribution in [2.75, 3.05) is 0 Å². The number of hydrogen-bond acceptors (Lipinski definition) is 2. The molecule has 0 N–H and O–H groups in total. The summed E-state index contributed by atoms with van der Waals surface area (Å²) in [4.78, 5) is 17.9. The van der Waals surface area contributed by atoms with Crippen LogP contribution in [0.4, 0.5) is 4.39 Å². The summed E-state index contributed by atoms with van der Waals surface area (Å²) in [5.74, 6) is 0.316. The SMILES string of the molecule is CCC1CCCCc2nc3cc(-c4ccc(F)cc4)ccn3c(=O)c2C1. The monoisotopic (exact) mass is 350 g/mol. The van der Waals surface area contributed by atoms with E-state index in [-0.39, 0.29) is 11.4 Å². The number of halogens is 1. The van der Waals surface area contributed by atoms with E-state index >= 15 is 0 Å². The Morgan fingerprint density at radius 3 is 2.73 bits per heavy atom. The first-order valence-electron chi connectivity index (χ1n) is 9.46. The van der Waals surface area contributed by atoms with Crippen LogP contribution in [0.3, 0.4) is 0 Å². The zero-order valence-electron chi connectivity index (χ0n) is 15.0. The Bertz CT molecular complexity index is 991. The summed E-state index contributed by atoms with van der Waals surface area (Å²) in [6.45, 7) is 2.20. The van der Waals surface area contributed by atoms with Crippen molar-refractivity contribution in [1.82, 2.24) is 9.38 Å². The van der Waals surface area contributed by atoms with Crippen molar-refractivity contribution in [3.05, 3.63) is 70.0 Å². The molecule has 3 nitrogen and oxygen atoms in total. The molecule has 0 radical (unpaired) electrons. The predicted octanol–water partition coefficient (Wildman–Crippen LogP) is 4.80. The number of nitrogens with zero attached hydrogens (tertiary/aromatic N) is 2. The first-order chi connectivity index (χ1) is 12.7. The molecule has 1 aliphatic carbocycles. The third kappa shape index (κ3) is 3.16. The van der Waals surface area contributed by atoms with Gasteiger partial charge in [0.2, 0.25) is 0 Å². The molecule has 4 heteroatoms. The summed E-state index contributed by atoms with van der Waals surface area (Å²) in [5, 5.41) is 0. The third-order valence-electron chi connectivity index (χ3n) is 5.53. The van der Waals surface area contributed by atoms with E-state index in [1.807, 2.05) is 12.1 Å². The van der Waals surface area contributed by atoms with Gasteiger partial charge < -0.3 is 0 Å². The molecule has 2 aromatic heterocycles. The third-order valence-corrected chi connectivity index (χ3v) is 5.53. The normalized spacial score (nSPS) is 17.5. The Hall–Kier alpha value is -2.49. The number of pyridine rings is 1. The van der Waals surface area contributed by atoms with Gasteiger partial charge in [-0.1, -0.05) is 38.3 Å². The molecule has 2 heterocycles. The van der Waals surface area contributed by atoms with Crippen LogP contribution < -0.4 is 5.56 Å². The minimum Gasteiger partial charge on any atom is -0.269 e. The quantitative estimate of drug-likeness (QED) is 0.665. The molecule has 1 aromatic carbocycles. The molecule has 1 aliphatic rings. The van der Waals surface area contributed by atoms with E-state index in [9.17, 15) is 9.18 Å². The van der Waals surface area contributed by atoms with Crippen LogP contribution in [-0.4, -0.2) is 9.38 Å². The average Bonchev–Trinajstić information content (AvgIpc) is 2.64. The van der Waals surface area contributed by atoms with Crippen LogP contribution in [-0.2, 0) is 12.8 Å². The Labute approximate surface area is 152 Å². The fourth-order valence-electron chi connectivity index (χ4n) is 3.92. The van der Waals surface area contributed by atoms with Crippen molar-refractivity contribution in [2.45, 2.75) is 45.4 Å². The van der Waals surface area contributed by atoms with E-state index < -0.39 is 0 Å². The van der Waals surface area contributed by atoms with E-state index in [1.54, 1.807) is 22.7 Å². The fraction of sp³-hybridized carbons (Fsp3) is 0.364. The highest BCUT2D eigenvalue weighted by atomic mass is 19.1. The van der Waals surface area contributed by atoms with Gasteiger partial charge in [0.1, 0.15) is 11.5 Å². The maximum Gasteiger partial charge on any atom is 0.261 e. The van der Waals surface area contributed by atoms with E-state index in [0.717, 1.165) is 48.1 Å². The Morgan fingerprint density at radius 1 is 1.15 bits per heavy atom. The second kappa shape index (κ2) is 7.02. The van der Waals surface area contributed by atoms with Crippen LogP contribution in [0.15, 0.2) is 47.4 Å². The predicted molar refractivity (Wildman–Crippen MR) is 102 cm³/mol. The van der Waals surface area contributed by atoms with Gasteiger partial charge in [-0.15, -0.1) is 0 Å². The second-order valence-electron chi connectivity index (χ2n) is 7.22. The lowest BCUT2D eigenvalue weighted by atomic mass is 9.88. The summed E-state index contributed by atoms with van der Waals surface area (Å²) in [5.41, 5.74) is 4.45. The molecule has 134 valence electrons. The minimum absolute atomic E-state index is 0.0657. The summed E-state index contributed by atoms with van der Waals surface area (Å²) in [7, 11) is 0. The van der Waals surface area contributed by atoms with Crippen LogP contribution in [0.25, 0.3) is 16.8 Å². The van der Waals surface area contributed by atoms with Crippen molar-refractivity contribution in [1.29, 1.82) is 0 Å². The van der Waals surface area contributed by atoms with Crippen LogP contribution in [0, 0.1) is 11.7 Å². The lowest BCUT2D eigenvalue weighted by Crippen LogP contribution is -2.25. The molecule has 1 unspecified atom stereocenters. The lowest BCUT2D eigenvalue weighted by Gasteiger charge is -2.20. The van der Waals surface area contributed by atoms with Gasteiger partial charge in [0.05, 0.1) is 5.69 Å². The van der Waals surface area contributed by atoms with E-state index in [0.29, 0.717) is 11.6 Å². The van der Waals surface area contributed by atoms with Gasteiger partial charge in [0.25, 0.3) is 5.56 Å². The van der Waals surface area contributed by atoms with Gasteiger partial charge in [0.15, 0.2) is 0 Å². The van der Waals surface area contributed by atoms with Gasteiger partial charge in [-0.2, -0.15) is 0 Å². The molecule has 0 amide bonds.